The molecular weight excluding hydrogens is 204 g/mol. The summed E-state index contributed by atoms with van der Waals surface area (Å²) in [6, 6.07) is 0. The van der Waals surface area contributed by atoms with Gasteiger partial charge in [0, 0.05) is 13.1 Å². The Bertz CT molecular complexity index is 428. The molecule has 0 aliphatic carbocycles. The molecule has 2 atom stereocenters. The SMILES string of the molecule is CC1CCN(c2nc[nH]c(=O)c2N)CC1C. The van der Waals surface area contributed by atoms with Gasteiger partial charge in [0.05, 0.1) is 6.33 Å². The smallest absolute Gasteiger partial charge is 0.276 e. The van der Waals surface area contributed by atoms with Crippen LogP contribution in [-0.4, -0.2) is 23.1 Å². The lowest BCUT2D eigenvalue weighted by Crippen LogP contribution is -2.40. The van der Waals surface area contributed by atoms with E-state index in [1.165, 1.54) is 6.33 Å². The van der Waals surface area contributed by atoms with Crippen molar-refractivity contribution in [2.45, 2.75) is 20.3 Å². The van der Waals surface area contributed by atoms with E-state index >= 15 is 0 Å². The molecule has 0 aromatic carbocycles. The maximum absolute atomic E-state index is 11.4. The molecular formula is C11H18N4O. The Morgan fingerprint density at radius 2 is 2.25 bits per heavy atom. The first kappa shape index (κ1) is 11.0. The highest BCUT2D eigenvalue weighted by molar-refractivity contribution is 5.61. The highest BCUT2D eigenvalue weighted by atomic mass is 16.1. The molecule has 0 saturated carbocycles. The maximum atomic E-state index is 11.4. The van der Waals surface area contributed by atoms with Crippen molar-refractivity contribution in [1.29, 1.82) is 0 Å². The van der Waals surface area contributed by atoms with Crippen LogP contribution in [0.3, 0.4) is 0 Å². The van der Waals surface area contributed by atoms with Crippen LogP contribution in [0.1, 0.15) is 20.3 Å². The third kappa shape index (κ3) is 1.89. The van der Waals surface area contributed by atoms with E-state index in [1.807, 2.05) is 0 Å². The highest BCUT2D eigenvalue weighted by Crippen LogP contribution is 2.27. The number of H-pyrrole nitrogens is 1. The molecule has 2 rings (SSSR count). The van der Waals surface area contributed by atoms with Gasteiger partial charge in [-0.1, -0.05) is 13.8 Å². The minimum absolute atomic E-state index is 0.226. The first-order chi connectivity index (χ1) is 7.59. The lowest BCUT2D eigenvalue weighted by Gasteiger charge is -2.36. The minimum atomic E-state index is -0.253. The Morgan fingerprint density at radius 3 is 2.94 bits per heavy atom. The summed E-state index contributed by atoms with van der Waals surface area (Å²) in [5.41, 5.74) is 5.72. The Balaban J connectivity index is 2.25. The molecule has 0 radical (unpaired) electrons. The van der Waals surface area contributed by atoms with E-state index in [-0.39, 0.29) is 11.2 Å². The fraction of sp³-hybridized carbons (Fsp3) is 0.636. The molecule has 1 aliphatic heterocycles. The summed E-state index contributed by atoms with van der Waals surface area (Å²) >= 11 is 0. The predicted octanol–water partition coefficient (Wildman–Crippen LogP) is 0.834. The number of nitrogen functional groups attached to an aromatic ring is 1. The summed E-state index contributed by atoms with van der Waals surface area (Å²) in [7, 11) is 0. The third-order valence-electron chi connectivity index (χ3n) is 3.50. The summed E-state index contributed by atoms with van der Waals surface area (Å²) in [6.45, 7) is 6.32. The molecule has 1 saturated heterocycles. The Morgan fingerprint density at radius 1 is 1.50 bits per heavy atom. The van der Waals surface area contributed by atoms with E-state index in [0.717, 1.165) is 25.4 Å². The summed E-state index contributed by atoms with van der Waals surface area (Å²) in [4.78, 5) is 20.1. The Labute approximate surface area is 94.7 Å². The van der Waals surface area contributed by atoms with Crippen LogP contribution in [0.2, 0.25) is 0 Å². The number of nitrogens with zero attached hydrogens (tertiary/aromatic N) is 2. The average Bonchev–Trinajstić information content (AvgIpc) is 2.26. The lowest BCUT2D eigenvalue weighted by molar-refractivity contribution is 0.323. The van der Waals surface area contributed by atoms with E-state index in [1.54, 1.807) is 0 Å². The van der Waals surface area contributed by atoms with Crippen LogP contribution < -0.4 is 16.2 Å². The molecule has 16 heavy (non-hydrogen) atoms. The fourth-order valence-corrected chi connectivity index (χ4v) is 2.11. The first-order valence-corrected chi connectivity index (χ1v) is 5.67. The number of nitrogens with one attached hydrogen (secondary N) is 1. The van der Waals surface area contributed by atoms with E-state index < -0.39 is 0 Å². The zero-order chi connectivity index (χ0) is 11.7. The van der Waals surface area contributed by atoms with Gasteiger partial charge in [0.1, 0.15) is 5.69 Å². The molecule has 3 N–H and O–H groups in total. The van der Waals surface area contributed by atoms with Crippen molar-refractivity contribution in [2.75, 3.05) is 23.7 Å². The van der Waals surface area contributed by atoms with Crippen molar-refractivity contribution in [3.63, 3.8) is 0 Å². The third-order valence-corrected chi connectivity index (χ3v) is 3.50. The van der Waals surface area contributed by atoms with Gasteiger partial charge in [0.25, 0.3) is 5.56 Å². The molecule has 88 valence electrons. The number of anilines is 2. The second-order valence-corrected chi connectivity index (χ2v) is 4.66. The zero-order valence-corrected chi connectivity index (χ0v) is 9.73. The van der Waals surface area contributed by atoms with Gasteiger partial charge in [0.15, 0.2) is 5.82 Å². The average molecular weight is 222 g/mol. The lowest BCUT2D eigenvalue weighted by atomic mass is 9.89. The standard InChI is InChI=1S/C11H18N4O/c1-7-3-4-15(5-8(7)2)10-9(12)11(16)14-6-13-10/h6-8H,3-5,12H2,1-2H3,(H,13,14,16). The number of rotatable bonds is 1. The van der Waals surface area contributed by atoms with E-state index in [0.29, 0.717) is 11.7 Å². The quantitative estimate of drug-likeness (QED) is 0.738. The normalized spacial score (nSPS) is 25.8. The van der Waals surface area contributed by atoms with Crippen molar-refractivity contribution < 1.29 is 0 Å². The number of piperidine rings is 1. The fourth-order valence-electron chi connectivity index (χ4n) is 2.11. The summed E-state index contributed by atoms with van der Waals surface area (Å²) in [5.74, 6) is 1.95. The second kappa shape index (κ2) is 4.15. The van der Waals surface area contributed by atoms with Crippen molar-refractivity contribution in [3.05, 3.63) is 16.7 Å². The van der Waals surface area contributed by atoms with Crippen molar-refractivity contribution >= 4 is 11.5 Å². The maximum Gasteiger partial charge on any atom is 0.276 e. The van der Waals surface area contributed by atoms with Crippen LogP contribution in [0, 0.1) is 11.8 Å². The topological polar surface area (TPSA) is 75.0 Å². The van der Waals surface area contributed by atoms with Crippen LogP contribution in [0.25, 0.3) is 0 Å². The summed E-state index contributed by atoms with van der Waals surface area (Å²) in [5, 5.41) is 0. The largest absolute Gasteiger partial charge is 0.391 e. The molecule has 5 nitrogen and oxygen atoms in total. The molecule has 1 aromatic heterocycles. The first-order valence-electron chi connectivity index (χ1n) is 5.67. The molecule has 0 bridgehead atoms. The van der Waals surface area contributed by atoms with Crippen LogP contribution in [0.4, 0.5) is 11.5 Å². The van der Waals surface area contributed by atoms with Gasteiger partial charge in [-0.25, -0.2) is 4.98 Å². The molecule has 1 aliphatic rings. The Hall–Kier alpha value is -1.52. The number of nitrogens with two attached hydrogens (primary N) is 1. The van der Waals surface area contributed by atoms with Gasteiger partial charge >= 0.3 is 0 Å². The molecule has 5 heteroatoms. The van der Waals surface area contributed by atoms with Crippen LogP contribution in [0.5, 0.6) is 0 Å². The van der Waals surface area contributed by atoms with Crippen molar-refractivity contribution in [3.8, 4) is 0 Å². The highest BCUT2D eigenvalue weighted by Gasteiger charge is 2.25. The molecule has 0 spiro atoms. The van der Waals surface area contributed by atoms with Crippen LogP contribution in [-0.2, 0) is 0 Å². The van der Waals surface area contributed by atoms with Gasteiger partial charge in [0.2, 0.25) is 0 Å². The molecule has 1 aromatic rings. The molecule has 2 unspecified atom stereocenters. The van der Waals surface area contributed by atoms with Gasteiger partial charge in [-0.3, -0.25) is 4.79 Å². The minimum Gasteiger partial charge on any atom is -0.391 e. The van der Waals surface area contributed by atoms with Crippen molar-refractivity contribution in [1.82, 2.24) is 9.97 Å². The van der Waals surface area contributed by atoms with Gasteiger partial charge in [-0.15, -0.1) is 0 Å². The molecule has 2 heterocycles. The Kier molecular flexibility index (Phi) is 2.85. The number of hydrogen-bond donors (Lipinski definition) is 2. The predicted molar refractivity (Wildman–Crippen MR) is 64.4 cm³/mol. The number of aromatic nitrogens is 2. The van der Waals surface area contributed by atoms with Crippen LogP contribution in [0.15, 0.2) is 11.1 Å². The molecule has 1 fully saturated rings. The second-order valence-electron chi connectivity index (χ2n) is 4.66. The van der Waals surface area contributed by atoms with Crippen molar-refractivity contribution in [2.24, 2.45) is 11.8 Å². The number of hydrogen-bond acceptors (Lipinski definition) is 4. The molecule has 0 amide bonds. The van der Waals surface area contributed by atoms with Gasteiger partial charge in [-0.2, -0.15) is 0 Å². The summed E-state index contributed by atoms with van der Waals surface area (Å²) in [6.07, 6.45) is 2.53. The van der Waals surface area contributed by atoms with Gasteiger partial charge < -0.3 is 15.6 Å². The zero-order valence-electron chi connectivity index (χ0n) is 9.73. The number of aromatic amines is 1. The van der Waals surface area contributed by atoms with E-state index in [4.69, 9.17) is 5.73 Å². The monoisotopic (exact) mass is 222 g/mol. The van der Waals surface area contributed by atoms with Crippen LogP contribution >= 0.6 is 0 Å². The van der Waals surface area contributed by atoms with E-state index in [2.05, 4.69) is 28.7 Å². The van der Waals surface area contributed by atoms with Gasteiger partial charge in [-0.05, 0) is 18.3 Å². The van der Waals surface area contributed by atoms with E-state index in [9.17, 15) is 4.79 Å². The summed E-state index contributed by atoms with van der Waals surface area (Å²) < 4.78 is 0.